The third kappa shape index (κ3) is 4.03. The minimum atomic E-state index is -0.725. The van der Waals surface area contributed by atoms with Crippen LogP contribution in [-0.2, 0) is 9.53 Å². The summed E-state index contributed by atoms with van der Waals surface area (Å²) < 4.78 is 11.2. The van der Waals surface area contributed by atoms with E-state index in [9.17, 15) is 9.59 Å². The molecule has 2 heterocycles. The first kappa shape index (κ1) is 19.1. The second kappa shape index (κ2) is 7.92. The molecule has 0 unspecified atom stereocenters. The topological polar surface area (TPSA) is 81.3 Å². The molecule has 2 atom stereocenters. The molecule has 2 aromatic heterocycles. The monoisotopic (exact) mass is 386 g/mol. The third-order valence-corrected chi connectivity index (χ3v) is 5.49. The minimum Gasteiger partial charge on any atom is -0.479 e. The second-order valence-corrected chi connectivity index (χ2v) is 7.52. The molecule has 0 bridgehead atoms. The van der Waals surface area contributed by atoms with Crippen LogP contribution in [0.5, 0.6) is 5.75 Å². The van der Waals surface area contributed by atoms with Crippen LogP contribution in [-0.4, -0.2) is 22.0 Å². The molecule has 0 aliphatic carbocycles. The quantitative estimate of drug-likeness (QED) is 0.646. The highest BCUT2D eigenvalue weighted by molar-refractivity contribution is 7.18. The molecular formula is C20H22N2O4S. The Labute approximate surface area is 161 Å². The maximum absolute atomic E-state index is 12.5. The van der Waals surface area contributed by atoms with Gasteiger partial charge in [0.2, 0.25) is 0 Å². The van der Waals surface area contributed by atoms with Crippen molar-refractivity contribution in [1.29, 1.82) is 0 Å². The van der Waals surface area contributed by atoms with Crippen LogP contribution in [0.2, 0.25) is 0 Å². The Hall–Kier alpha value is -2.67. The van der Waals surface area contributed by atoms with E-state index in [0.717, 1.165) is 10.4 Å². The summed E-state index contributed by atoms with van der Waals surface area (Å²) in [7, 11) is 0. The summed E-state index contributed by atoms with van der Waals surface area (Å²) in [6.07, 6.45) is -0.950. The van der Waals surface area contributed by atoms with Crippen molar-refractivity contribution in [3.05, 3.63) is 57.0 Å². The van der Waals surface area contributed by atoms with Gasteiger partial charge in [-0.15, -0.1) is 11.3 Å². The molecule has 6 nitrogen and oxygen atoms in total. The average molecular weight is 386 g/mol. The summed E-state index contributed by atoms with van der Waals surface area (Å²) in [4.78, 5) is 33.8. The van der Waals surface area contributed by atoms with E-state index in [1.54, 1.807) is 19.1 Å². The number of aryl methyl sites for hydroxylation is 2. The van der Waals surface area contributed by atoms with Crippen LogP contribution in [0.25, 0.3) is 10.2 Å². The first-order valence-electron chi connectivity index (χ1n) is 8.82. The van der Waals surface area contributed by atoms with E-state index >= 15 is 0 Å². The van der Waals surface area contributed by atoms with E-state index < -0.39 is 18.2 Å². The SMILES string of the molecule is CC[C@H](Oc1ccccc1)C(=O)O[C@@H](C)c1nc2sc(C)c(C)c2c(=O)[nH]1. The van der Waals surface area contributed by atoms with E-state index in [1.807, 2.05) is 39.0 Å². The van der Waals surface area contributed by atoms with Crippen molar-refractivity contribution in [3.8, 4) is 5.75 Å². The van der Waals surface area contributed by atoms with Crippen molar-refractivity contribution in [2.24, 2.45) is 0 Å². The van der Waals surface area contributed by atoms with Crippen molar-refractivity contribution in [2.45, 2.75) is 46.3 Å². The molecule has 0 fully saturated rings. The normalized spacial score (nSPS) is 13.3. The van der Waals surface area contributed by atoms with Crippen molar-refractivity contribution < 1.29 is 14.3 Å². The number of nitrogens with one attached hydrogen (secondary N) is 1. The Balaban J connectivity index is 1.77. The summed E-state index contributed by atoms with van der Waals surface area (Å²) in [5, 5.41) is 0.596. The maximum atomic E-state index is 12.5. The molecule has 0 spiro atoms. The van der Waals surface area contributed by atoms with Crippen molar-refractivity contribution in [1.82, 2.24) is 9.97 Å². The first-order chi connectivity index (χ1) is 12.9. The summed E-state index contributed by atoms with van der Waals surface area (Å²) in [5.74, 6) is 0.443. The zero-order valence-electron chi connectivity index (χ0n) is 15.7. The number of para-hydroxylation sites is 1. The molecule has 1 N–H and O–H groups in total. The van der Waals surface area contributed by atoms with Crippen LogP contribution in [0, 0.1) is 13.8 Å². The fraction of sp³-hybridized carbons (Fsp3) is 0.350. The Morgan fingerprint density at radius 2 is 1.96 bits per heavy atom. The number of hydrogen-bond donors (Lipinski definition) is 1. The molecule has 1 aromatic carbocycles. The van der Waals surface area contributed by atoms with Gasteiger partial charge in [0.05, 0.1) is 5.39 Å². The third-order valence-electron chi connectivity index (χ3n) is 4.39. The molecular weight excluding hydrogens is 364 g/mol. The fourth-order valence-corrected chi connectivity index (χ4v) is 3.77. The van der Waals surface area contributed by atoms with Crippen molar-refractivity contribution in [2.75, 3.05) is 0 Å². The molecule has 0 saturated carbocycles. The summed E-state index contributed by atoms with van der Waals surface area (Å²) in [6.45, 7) is 7.39. The highest BCUT2D eigenvalue weighted by Gasteiger charge is 2.24. The number of carbonyl (C=O) groups is 1. The lowest BCUT2D eigenvalue weighted by atomic mass is 10.2. The van der Waals surface area contributed by atoms with Crippen molar-refractivity contribution >= 4 is 27.5 Å². The van der Waals surface area contributed by atoms with Crippen LogP contribution in [0.1, 0.15) is 42.6 Å². The van der Waals surface area contributed by atoms with Gasteiger partial charge in [0.15, 0.2) is 18.0 Å². The molecule has 0 aliphatic heterocycles. The largest absolute Gasteiger partial charge is 0.479 e. The molecule has 7 heteroatoms. The van der Waals surface area contributed by atoms with E-state index in [4.69, 9.17) is 9.47 Å². The molecule has 0 aliphatic rings. The number of hydrogen-bond acceptors (Lipinski definition) is 6. The van der Waals surface area contributed by atoms with Gasteiger partial charge >= 0.3 is 5.97 Å². The number of fused-ring (bicyclic) bond motifs is 1. The van der Waals surface area contributed by atoms with Gasteiger partial charge in [-0.2, -0.15) is 0 Å². The number of nitrogens with zero attached hydrogens (tertiary/aromatic N) is 1. The molecule has 0 radical (unpaired) electrons. The Bertz CT molecular complexity index is 1010. The smallest absolute Gasteiger partial charge is 0.348 e. The number of ether oxygens (including phenoxy) is 2. The molecule has 0 amide bonds. The Kier molecular flexibility index (Phi) is 5.60. The van der Waals surface area contributed by atoms with Crippen LogP contribution in [0.4, 0.5) is 0 Å². The summed E-state index contributed by atoms with van der Waals surface area (Å²) >= 11 is 1.46. The number of carbonyl (C=O) groups excluding carboxylic acids is 1. The van der Waals surface area contributed by atoms with Gasteiger partial charge in [0, 0.05) is 4.88 Å². The maximum Gasteiger partial charge on any atom is 0.348 e. The zero-order valence-corrected chi connectivity index (χ0v) is 16.6. The lowest BCUT2D eigenvalue weighted by Gasteiger charge is -2.19. The number of thiophene rings is 1. The number of H-pyrrole nitrogens is 1. The summed E-state index contributed by atoms with van der Waals surface area (Å²) in [6, 6.07) is 9.12. The van der Waals surface area contributed by atoms with E-state index in [1.165, 1.54) is 11.3 Å². The zero-order chi connectivity index (χ0) is 19.6. The van der Waals surface area contributed by atoms with Gasteiger partial charge in [-0.1, -0.05) is 25.1 Å². The van der Waals surface area contributed by atoms with E-state index in [2.05, 4.69) is 9.97 Å². The van der Waals surface area contributed by atoms with Crippen LogP contribution < -0.4 is 10.3 Å². The van der Waals surface area contributed by atoms with Gasteiger partial charge in [0.1, 0.15) is 10.6 Å². The fourth-order valence-electron chi connectivity index (χ4n) is 2.73. The second-order valence-electron chi connectivity index (χ2n) is 6.32. The Morgan fingerprint density at radius 1 is 1.26 bits per heavy atom. The number of rotatable bonds is 6. The molecule has 3 aromatic rings. The van der Waals surface area contributed by atoms with Gasteiger partial charge < -0.3 is 14.5 Å². The number of benzene rings is 1. The van der Waals surface area contributed by atoms with Gasteiger partial charge in [-0.3, -0.25) is 4.79 Å². The molecule has 27 heavy (non-hydrogen) atoms. The number of aromatic amines is 1. The standard InChI is InChI=1S/C20H22N2O4S/c1-5-15(26-14-9-7-6-8-10-14)20(24)25-12(3)17-21-18(23)16-11(2)13(4)27-19(16)22-17/h6-10,12,15H,5H2,1-4H3,(H,21,22,23)/t12-,15-/m0/s1. The highest BCUT2D eigenvalue weighted by Crippen LogP contribution is 2.27. The van der Waals surface area contributed by atoms with Gasteiger partial charge in [-0.25, -0.2) is 9.78 Å². The number of esters is 1. The average Bonchev–Trinajstić information content (AvgIpc) is 2.94. The summed E-state index contributed by atoms with van der Waals surface area (Å²) in [5.41, 5.74) is 0.717. The van der Waals surface area contributed by atoms with E-state index in [-0.39, 0.29) is 5.56 Å². The molecule has 3 rings (SSSR count). The highest BCUT2D eigenvalue weighted by atomic mass is 32.1. The van der Waals surface area contributed by atoms with Crippen LogP contribution >= 0.6 is 11.3 Å². The van der Waals surface area contributed by atoms with Crippen LogP contribution in [0.15, 0.2) is 35.1 Å². The van der Waals surface area contributed by atoms with Gasteiger partial charge in [0.25, 0.3) is 5.56 Å². The molecule has 0 saturated heterocycles. The van der Waals surface area contributed by atoms with Gasteiger partial charge in [-0.05, 0) is 44.9 Å². The Morgan fingerprint density at radius 3 is 2.63 bits per heavy atom. The predicted octanol–water partition coefficient (Wildman–Crippen LogP) is 4.06. The number of aromatic nitrogens is 2. The van der Waals surface area contributed by atoms with Crippen LogP contribution in [0.3, 0.4) is 0 Å². The first-order valence-corrected chi connectivity index (χ1v) is 9.64. The van der Waals surface area contributed by atoms with Crippen molar-refractivity contribution in [3.63, 3.8) is 0 Å². The minimum absolute atomic E-state index is 0.215. The van der Waals surface area contributed by atoms with E-state index in [0.29, 0.717) is 28.2 Å². The lowest BCUT2D eigenvalue weighted by molar-refractivity contribution is -0.157. The predicted molar refractivity (Wildman–Crippen MR) is 105 cm³/mol. The molecule has 142 valence electrons. The lowest BCUT2D eigenvalue weighted by Crippen LogP contribution is -2.30.